The lowest BCUT2D eigenvalue weighted by Crippen LogP contribution is -2.41. The third-order valence-electron chi connectivity index (χ3n) is 3.78. The van der Waals surface area contributed by atoms with Gasteiger partial charge in [0.1, 0.15) is 0 Å². The second-order valence-electron chi connectivity index (χ2n) is 5.36. The van der Waals surface area contributed by atoms with Gasteiger partial charge in [0.15, 0.2) is 11.4 Å². The highest BCUT2D eigenvalue weighted by atomic mass is 32.1. The van der Waals surface area contributed by atoms with Gasteiger partial charge in [-0.25, -0.2) is 4.98 Å². The number of nitrogens with zero attached hydrogens (tertiary/aromatic N) is 3. The van der Waals surface area contributed by atoms with Crippen molar-refractivity contribution in [2.24, 2.45) is 0 Å². The van der Waals surface area contributed by atoms with Crippen LogP contribution in [0.2, 0.25) is 0 Å². The lowest BCUT2D eigenvalue weighted by molar-refractivity contribution is 0.112. The molecule has 2 heterocycles. The van der Waals surface area contributed by atoms with Crippen LogP contribution < -0.4 is 4.90 Å². The van der Waals surface area contributed by atoms with Crippen molar-refractivity contribution in [2.45, 2.75) is 38.6 Å². The molecule has 2 rings (SSSR count). The van der Waals surface area contributed by atoms with Crippen molar-refractivity contribution in [1.82, 2.24) is 9.88 Å². The van der Waals surface area contributed by atoms with Gasteiger partial charge in [0.25, 0.3) is 0 Å². The Morgan fingerprint density at radius 3 is 2.63 bits per heavy atom. The van der Waals surface area contributed by atoms with Crippen molar-refractivity contribution in [3.05, 3.63) is 10.6 Å². The van der Waals surface area contributed by atoms with Crippen LogP contribution in [0.4, 0.5) is 5.13 Å². The van der Waals surface area contributed by atoms with E-state index in [9.17, 15) is 4.79 Å². The summed E-state index contributed by atoms with van der Waals surface area (Å²) in [5.41, 5.74) is 0.979. The van der Waals surface area contributed by atoms with Crippen LogP contribution in [-0.2, 0) is 6.42 Å². The molecule has 0 saturated carbocycles. The fourth-order valence-corrected chi connectivity index (χ4v) is 3.55. The third kappa shape index (κ3) is 3.34. The van der Waals surface area contributed by atoms with E-state index >= 15 is 0 Å². The fourth-order valence-electron chi connectivity index (χ4n) is 2.57. The number of hydrogen-bond donors (Lipinski definition) is 0. The van der Waals surface area contributed by atoms with Gasteiger partial charge in [-0.3, -0.25) is 4.79 Å². The van der Waals surface area contributed by atoms with E-state index in [2.05, 4.69) is 35.8 Å². The monoisotopic (exact) mass is 281 g/mol. The van der Waals surface area contributed by atoms with Crippen LogP contribution >= 0.6 is 11.3 Å². The van der Waals surface area contributed by atoms with E-state index in [1.807, 2.05) is 0 Å². The van der Waals surface area contributed by atoms with Crippen molar-refractivity contribution < 1.29 is 4.79 Å². The smallest absolute Gasteiger partial charge is 0.186 e. The zero-order chi connectivity index (χ0) is 13.8. The average molecular weight is 281 g/mol. The molecule has 106 valence electrons. The molecular formula is C14H23N3OS. The highest BCUT2D eigenvalue weighted by molar-refractivity contribution is 7.17. The van der Waals surface area contributed by atoms with Crippen LogP contribution in [0.3, 0.4) is 0 Å². The molecule has 0 aliphatic carbocycles. The van der Waals surface area contributed by atoms with Crippen LogP contribution in [0.25, 0.3) is 0 Å². The Morgan fingerprint density at radius 2 is 2.11 bits per heavy atom. The van der Waals surface area contributed by atoms with Crippen molar-refractivity contribution in [3.63, 3.8) is 0 Å². The number of piperidine rings is 1. The van der Waals surface area contributed by atoms with E-state index in [1.54, 1.807) is 11.3 Å². The predicted octanol–water partition coefficient (Wildman–Crippen LogP) is 2.44. The topological polar surface area (TPSA) is 36.4 Å². The molecule has 0 atom stereocenters. The van der Waals surface area contributed by atoms with Crippen LogP contribution in [0.15, 0.2) is 0 Å². The molecular weight excluding hydrogens is 258 g/mol. The summed E-state index contributed by atoms with van der Waals surface area (Å²) in [6, 6.07) is 0.678. The van der Waals surface area contributed by atoms with Gasteiger partial charge in [-0.15, -0.1) is 0 Å². The summed E-state index contributed by atoms with van der Waals surface area (Å²) < 4.78 is 0. The van der Waals surface area contributed by atoms with Gasteiger partial charge in [0.05, 0.1) is 10.6 Å². The molecule has 0 bridgehead atoms. The Balaban J connectivity index is 2.05. The first-order chi connectivity index (χ1) is 9.15. The van der Waals surface area contributed by atoms with Gasteiger partial charge < -0.3 is 9.80 Å². The minimum atomic E-state index is 0.678. The average Bonchev–Trinajstić information content (AvgIpc) is 2.82. The van der Waals surface area contributed by atoms with E-state index < -0.39 is 0 Å². The molecule has 0 amide bonds. The van der Waals surface area contributed by atoms with Gasteiger partial charge in [-0.1, -0.05) is 24.7 Å². The van der Waals surface area contributed by atoms with Crippen LogP contribution in [-0.4, -0.2) is 49.4 Å². The summed E-state index contributed by atoms with van der Waals surface area (Å²) in [4.78, 5) is 21.2. The highest BCUT2D eigenvalue weighted by Gasteiger charge is 2.23. The quantitative estimate of drug-likeness (QED) is 0.777. The van der Waals surface area contributed by atoms with E-state index in [-0.39, 0.29) is 0 Å². The molecule has 4 nitrogen and oxygen atoms in total. The lowest BCUT2D eigenvalue weighted by atomic mass is 10.0. The first-order valence-electron chi connectivity index (χ1n) is 7.02. The minimum Gasteiger partial charge on any atom is -0.348 e. The number of carbonyl (C=O) groups is 1. The van der Waals surface area contributed by atoms with Crippen molar-refractivity contribution >= 4 is 22.8 Å². The van der Waals surface area contributed by atoms with Crippen LogP contribution in [0.5, 0.6) is 0 Å². The molecule has 19 heavy (non-hydrogen) atoms. The summed E-state index contributed by atoms with van der Waals surface area (Å²) in [6.45, 7) is 4.20. The molecule has 0 N–H and O–H groups in total. The summed E-state index contributed by atoms with van der Waals surface area (Å²) in [5.74, 6) is 0. The second kappa shape index (κ2) is 6.48. The zero-order valence-corrected chi connectivity index (χ0v) is 12.9. The summed E-state index contributed by atoms with van der Waals surface area (Å²) >= 11 is 1.55. The van der Waals surface area contributed by atoms with Gasteiger partial charge >= 0.3 is 0 Å². The maximum Gasteiger partial charge on any atom is 0.186 e. The molecule has 0 aromatic carbocycles. The van der Waals surface area contributed by atoms with E-state index in [1.165, 1.54) is 12.8 Å². The molecule has 1 aliphatic rings. The second-order valence-corrected chi connectivity index (χ2v) is 6.37. The Hall–Kier alpha value is -0.940. The molecule has 1 fully saturated rings. The SMILES string of the molecule is CCCc1nc(N2CCC(N(C)C)CC2)sc1C=O. The molecule has 1 saturated heterocycles. The summed E-state index contributed by atoms with van der Waals surface area (Å²) in [6.07, 6.45) is 5.24. The first-order valence-corrected chi connectivity index (χ1v) is 7.83. The molecule has 1 aromatic heterocycles. The maximum absolute atomic E-state index is 11.1. The number of hydrogen-bond acceptors (Lipinski definition) is 5. The number of aromatic nitrogens is 1. The number of aryl methyl sites for hydroxylation is 1. The molecule has 0 radical (unpaired) electrons. The van der Waals surface area contributed by atoms with Gasteiger partial charge in [-0.2, -0.15) is 0 Å². The Bertz CT molecular complexity index is 422. The van der Waals surface area contributed by atoms with Gasteiger partial charge in [0, 0.05) is 19.1 Å². The molecule has 0 unspecified atom stereocenters. The number of carbonyl (C=O) groups excluding carboxylic acids is 1. The van der Waals surface area contributed by atoms with Gasteiger partial charge in [-0.05, 0) is 33.4 Å². The standard InChI is InChI=1S/C14H23N3OS/c1-4-5-12-13(10-18)19-14(15-12)17-8-6-11(7-9-17)16(2)3/h10-11H,4-9H2,1-3H3. The number of aldehydes is 1. The van der Waals surface area contributed by atoms with Gasteiger partial charge in [0.2, 0.25) is 0 Å². The summed E-state index contributed by atoms with van der Waals surface area (Å²) in [5, 5.41) is 1.03. The molecule has 1 aromatic rings. The van der Waals surface area contributed by atoms with Crippen LogP contribution in [0, 0.1) is 0 Å². The third-order valence-corrected chi connectivity index (χ3v) is 4.86. The van der Waals surface area contributed by atoms with Crippen LogP contribution in [0.1, 0.15) is 41.6 Å². The first kappa shape index (κ1) is 14.5. The molecule has 0 spiro atoms. The number of rotatable bonds is 5. The summed E-state index contributed by atoms with van der Waals surface area (Å²) in [7, 11) is 4.29. The van der Waals surface area contributed by atoms with Crippen molar-refractivity contribution in [3.8, 4) is 0 Å². The maximum atomic E-state index is 11.1. The number of thiazole rings is 1. The highest BCUT2D eigenvalue weighted by Crippen LogP contribution is 2.28. The molecule has 1 aliphatic heterocycles. The van der Waals surface area contributed by atoms with E-state index in [0.29, 0.717) is 6.04 Å². The van der Waals surface area contributed by atoms with Crippen molar-refractivity contribution in [1.29, 1.82) is 0 Å². The van der Waals surface area contributed by atoms with E-state index in [0.717, 1.165) is 47.9 Å². The Kier molecular flexibility index (Phi) is 4.93. The Labute approximate surface area is 119 Å². The number of anilines is 1. The van der Waals surface area contributed by atoms with E-state index in [4.69, 9.17) is 0 Å². The molecule has 5 heteroatoms. The largest absolute Gasteiger partial charge is 0.348 e. The predicted molar refractivity (Wildman–Crippen MR) is 80.4 cm³/mol. The van der Waals surface area contributed by atoms with Crippen molar-refractivity contribution in [2.75, 3.05) is 32.1 Å². The zero-order valence-electron chi connectivity index (χ0n) is 12.1. The Morgan fingerprint density at radius 1 is 1.42 bits per heavy atom. The normalized spacial score (nSPS) is 17.2. The fraction of sp³-hybridized carbons (Fsp3) is 0.714. The lowest BCUT2D eigenvalue weighted by Gasteiger charge is -2.35. The minimum absolute atomic E-state index is 0.678.